The predicted octanol–water partition coefficient (Wildman–Crippen LogP) is 2.98. The van der Waals surface area contributed by atoms with Crippen molar-refractivity contribution in [2.75, 3.05) is 0 Å². The normalized spacial score (nSPS) is 11.0. The summed E-state index contributed by atoms with van der Waals surface area (Å²) in [5, 5.41) is 9.00. The molecule has 0 unspecified atom stereocenters. The van der Waals surface area contributed by atoms with Gasteiger partial charge in [-0.05, 0) is 24.1 Å². The second-order valence-corrected chi connectivity index (χ2v) is 6.85. The van der Waals surface area contributed by atoms with E-state index in [1.54, 1.807) is 30.3 Å². The minimum atomic E-state index is -3.29. The van der Waals surface area contributed by atoms with Crippen LogP contribution >= 0.6 is 0 Å². The Labute approximate surface area is 119 Å². The van der Waals surface area contributed by atoms with Gasteiger partial charge in [0.1, 0.15) is 0 Å². The second-order valence-electron chi connectivity index (χ2n) is 4.79. The Morgan fingerprint density at radius 3 is 2.50 bits per heavy atom. The highest BCUT2D eigenvalue weighted by Crippen LogP contribution is 2.16. The smallest absolute Gasteiger partial charge is 0.158 e. The quantitative estimate of drug-likeness (QED) is 0.867. The molecule has 0 aliphatic rings. The fraction of sp³-hybridized carbons (Fsp3) is 0.188. The summed E-state index contributed by atoms with van der Waals surface area (Å²) in [5.74, 6) is -0.112. The van der Waals surface area contributed by atoms with Crippen molar-refractivity contribution < 1.29 is 8.42 Å². The van der Waals surface area contributed by atoms with Crippen LogP contribution in [0.3, 0.4) is 0 Å². The molecule has 0 N–H and O–H groups in total. The van der Waals surface area contributed by atoms with Crippen LogP contribution in [-0.4, -0.2) is 8.42 Å². The summed E-state index contributed by atoms with van der Waals surface area (Å²) in [7, 11) is -3.29. The van der Waals surface area contributed by atoms with E-state index in [1.165, 1.54) is 0 Å². The van der Waals surface area contributed by atoms with Gasteiger partial charge in [-0.1, -0.05) is 48.0 Å². The van der Waals surface area contributed by atoms with Gasteiger partial charge in [0, 0.05) is 0 Å². The number of nitriles is 1. The molecule has 0 amide bonds. The molecular weight excluding hydrogens is 270 g/mol. The first-order valence-corrected chi connectivity index (χ1v) is 8.06. The van der Waals surface area contributed by atoms with Gasteiger partial charge in [0.25, 0.3) is 0 Å². The van der Waals surface area contributed by atoms with E-state index in [1.807, 2.05) is 31.2 Å². The SMILES string of the molecule is Cc1cccc(CS(=O)(=O)Cc2ccccc2C#N)c1. The number of rotatable bonds is 4. The highest BCUT2D eigenvalue weighted by atomic mass is 32.2. The van der Waals surface area contributed by atoms with E-state index < -0.39 is 9.84 Å². The van der Waals surface area contributed by atoms with Crippen LogP contribution in [0.5, 0.6) is 0 Å². The third kappa shape index (κ3) is 3.69. The Balaban J connectivity index is 2.22. The summed E-state index contributed by atoms with van der Waals surface area (Å²) < 4.78 is 24.5. The number of sulfone groups is 1. The minimum Gasteiger partial charge on any atom is -0.228 e. The molecule has 0 atom stereocenters. The van der Waals surface area contributed by atoms with Gasteiger partial charge in [-0.3, -0.25) is 0 Å². The van der Waals surface area contributed by atoms with Crippen LogP contribution in [0.25, 0.3) is 0 Å². The lowest BCUT2D eigenvalue weighted by Gasteiger charge is -2.07. The van der Waals surface area contributed by atoms with Gasteiger partial charge in [0.2, 0.25) is 0 Å². The monoisotopic (exact) mass is 285 g/mol. The van der Waals surface area contributed by atoms with Crippen molar-refractivity contribution in [1.82, 2.24) is 0 Å². The molecule has 3 nitrogen and oxygen atoms in total. The highest BCUT2D eigenvalue weighted by Gasteiger charge is 2.15. The molecule has 102 valence electrons. The summed E-state index contributed by atoms with van der Waals surface area (Å²) in [6, 6.07) is 16.3. The zero-order chi connectivity index (χ0) is 14.6. The Hall–Kier alpha value is -2.12. The molecule has 0 spiro atoms. The Kier molecular flexibility index (Phi) is 4.21. The Morgan fingerprint density at radius 2 is 1.80 bits per heavy atom. The fourth-order valence-corrected chi connectivity index (χ4v) is 3.61. The molecule has 0 radical (unpaired) electrons. The van der Waals surface area contributed by atoms with Crippen molar-refractivity contribution >= 4 is 9.84 Å². The van der Waals surface area contributed by atoms with Crippen LogP contribution in [0.2, 0.25) is 0 Å². The molecule has 0 saturated heterocycles. The van der Waals surface area contributed by atoms with Crippen LogP contribution in [0, 0.1) is 18.3 Å². The van der Waals surface area contributed by atoms with Gasteiger partial charge in [-0.2, -0.15) is 5.26 Å². The molecule has 2 aromatic rings. The van der Waals surface area contributed by atoms with Crippen molar-refractivity contribution in [2.24, 2.45) is 0 Å². The molecule has 2 aromatic carbocycles. The lowest BCUT2D eigenvalue weighted by atomic mass is 10.1. The van der Waals surface area contributed by atoms with Crippen LogP contribution in [0.4, 0.5) is 0 Å². The molecular formula is C16H15NO2S. The number of hydrogen-bond acceptors (Lipinski definition) is 3. The van der Waals surface area contributed by atoms with Crippen LogP contribution < -0.4 is 0 Å². The zero-order valence-corrected chi connectivity index (χ0v) is 12.0. The average molecular weight is 285 g/mol. The fourth-order valence-electron chi connectivity index (χ4n) is 2.10. The van der Waals surface area contributed by atoms with E-state index in [2.05, 4.69) is 0 Å². The molecule has 20 heavy (non-hydrogen) atoms. The van der Waals surface area contributed by atoms with Crippen molar-refractivity contribution in [3.8, 4) is 6.07 Å². The number of benzene rings is 2. The molecule has 0 aliphatic carbocycles. The van der Waals surface area contributed by atoms with E-state index in [0.717, 1.165) is 11.1 Å². The van der Waals surface area contributed by atoms with E-state index in [0.29, 0.717) is 11.1 Å². The van der Waals surface area contributed by atoms with E-state index in [-0.39, 0.29) is 11.5 Å². The summed E-state index contributed by atoms with van der Waals surface area (Å²) in [6.07, 6.45) is 0. The maximum absolute atomic E-state index is 12.2. The largest absolute Gasteiger partial charge is 0.228 e. The van der Waals surface area contributed by atoms with E-state index >= 15 is 0 Å². The second kappa shape index (κ2) is 5.89. The molecule has 0 bridgehead atoms. The first-order valence-electron chi connectivity index (χ1n) is 6.24. The van der Waals surface area contributed by atoms with Crippen LogP contribution in [0.1, 0.15) is 22.3 Å². The Morgan fingerprint density at radius 1 is 1.05 bits per heavy atom. The van der Waals surface area contributed by atoms with E-state index in [9.17, 15) is 8.42 Å². The standard InChI is InChI=1S/C16H15NO2S/c1-13-5-4-6-14(9-13)11-20(18,19)12-16-8-3-2-7-15(16)10-17/h2-9H,11-12H2,1H3. The minimum absolute atomic E-state index is 0.00551. The maximum atomic E-state index is 12.2. The Bertz CT molecular complexity index is 758. The predicted molar refractivity (Wildman–Crippen MR) is 78.7 cm³/mol. The lowest BCUT2D eigenvalue weighted by molar-refractivity contribution is 0.594. The molecule has 2 rings (SSSR count). The maximum Gasteiger partial charge on any atom is 0.158 e. The van der Waals surface area contributed by atoms with Crippen molar-refractivity contribution in [2.45, 2.75) is 18.4 Å². The highest BCUT2D eigenvalue weighted by molar-refractivity contribution is 7.89. The average Bonchev–Trinajstić information content (AvgIpc) is 2.38. The third-order valence-electron chi connectivity index (χ3n) is 2.98. The van der Waals surface area contributed by atoms with Crippen LogP contribution in [-0.2, 0) is 21.3 Å². The van der Waals surface area contributed by atoms with Crippen molar-refractivity contribution in [1.29, 1.82) is 5.26 Å². The summed E-state index contributed by atoms with van der Waals surface area (Å²) in [5.41, 5.74) is 2.79. The summed E-state index contributed by atoms with van der Waals surface area (Å²) in [6.45, 7) is 1.93. The molecule has 0 aliphatic heterocycles. The zero-order valence-electron chi connectivity index (χ0n) is 11.2. The molecule has 0 heterocycles. The van der Waals surface area contributed by atoms with Crippen molar-refractivity contribution in [3.05, 3.63) is 70.8 Å². The van der Waals surface area contributed by atoms with Gasteiger partial charge in [0.15, 0.2) is 9.84 Å². The van der Waals surface area contributed by atoms with Crippen LogP contribution in [0.15, 0.2) is 48.5 Å². The van der Waals surface area contributed by atoms with Gasteiger partial charge < -0.3 is 0 Å². The molecule has 0 fully saturated rings. The van der Waals surface area contributed by atoms with E-state index in [4.69, 9.17) is 5.26 Å². The van der Waals surface area contributed by atoms with Gasteiger partial charge >= 0.3 is 0 Å². The number of nitrogens with zero attached hydrogens (tertiary/aromatic N) is 1. The number of aryl methyl sites for hydroxylation is 1. The molecule has 0 aromatic heterocycles. The summed E-state index contributed by atoms with van der Waals surface area (Å²) >= 11 is 0. The van der Waals surface area contributed by atoms with Gasteiger partial charge in [-0.15, -0.1) is 0 Å². The first kappa shape index (κ1) is 14.3. The third-order valence-corrected chi connectivity index (χ3v) is 4.51. The topological polar surface area (TPSA) is 57.9 Å². The van der Waals surface area contributed by atoms with Crippen molar-refractivity contribution in [3.63, 3.8) is 0 Å². The van der Waals surface area contributed by atoms with Gasteiger partial charge in [0.05, 0.1) is 23.1 Å². The molecule has 4 heteroatoms. The lowest BCUT2D eigenvalue weighted by Crippen LogP contribution is -2.08. The summed E-state index contributed by atoms with van der Waals surface area (Å²) in [4.78, 5) is 0. The molecule has 0 saturated carbocycles. The van der Waals surface area contributed by atoms with Gasteiger partial charge in [-0.25, -0.2) is 8.42 Å². The number of hydrogen-bond donors (Lipinski definition) is 0. The first-order chi connectivity index (χ1) is 9.50.